The van der Waals surface area contributed by atoms with Gasteiger partial charge in [0.25, 0.3) is 0 Å². The van der Waals surface area contributed by atoms with E-state index >= 15 is 0 Å². The molecular formula is C25H25N5O2S2. The zero-order chi connectivity index (χ0) is 23.1. The van der Waals surface area contributed by atoms with Gasteiger partial charge in [-0.3, -0.25) is 9.69 Å². The van der Waals surface area contributed by atoms with Gasteiger partial charge in [0.2, 0.25) is 5.91 Å². The van der Waals surface area contributed by atoms with Crippen LogP contribution in [0.1, 0.15) is 17.0 Å². The smallest absolute Gasteiger partial charge is 0.240 e. The predicted octanol–water partition coefficient (Wildman–Crippen LogP) is 3.67. The van der Waals surface area contributed by atoms with Gasteiger partial charge in [0, 0.05) is 41.9 Å². The largest absolute Gasteiger partial charge is 0.379 e. The molecule has 1 aromatic carbocycles. The van der Waals surface area contributed by atoms with Crippen LogP contribution in [-0.4, -0.2) is 53.1 Å². The van der Waals surface area contributed by atoms with Gasteiger partial charge in [0.05, 0.1) is 25.1 Å². The number of fused-ring (bicyclic) bond motifs is 2. The normalized spacial score (nSPS) is 18.8. The van der Waals surface area contributed by atoms with E-state index in [-0.39, 0.29) is 5.91 Å². The summed E-state index contributed by atoms with van der Waals surface area (Å²) in [7, 11) is 0. The van der Waals surface area contributed by atoms with Crippen LogP contribution >= 0.6 is 22.7 Å². The van der Waals surface area contributed by atoms with Crippen molar-refractivity contribution in [2.75, 3.05) is 31.2 Å². The molecule has 0 saturated carbocycles. The van der Waals surface area contributed by atoms with Crippen LogP contribution in [0.4, 0.5) is 5.82 Å². The van der Waals surface area contributed by atoms with Crippen LogP contribution < -0.4 is 10.6 Å². The quantitative estimate of drug-likeness (QED) is 0.459. The van der Waals surface area contributed by atoms with Gasteiger partial charge < -0.3 is 15.4 Å². The Morgan fingerprint density at radius 3 is 2.68 bits per heavy atom. The molecule has 0 radical (unpaired) electrons. The molecule has 1 saturated heterocycles. The highest BCUT2D eigenvalue weighted by Gasteiger charge is 2.33. The van der Waals surface area contributed by atoms with Crippen molar-refractivity contribution in [2.24, 2.45) is 5.73 Å². The monoisotopic (exact) mass is 491 g/mol. The zero-order valence-corrected chi connectivity index (χ0v) is 20.3. The number of thiophene rings is 2. The van der Waals surface area contributed by atoms with Crippen LogP contribution in [0.2, 0.25) is 0 Å². The van der Waals surface area contributed by atoms with Crippen molar-refractivity contribution >= 4 is 44.6 Å². The van der Waals surface area contributed by atoms with E-state index < -0.39 is 6.04 Å². The lowest BCUT2D eigenvalue weighted by atomic mass is 9.93. The second-order valence-electron chi connectivity index (χ2n) is 8.68. The third kappa shape index (κ3) is 3.98. The summed E-state index contributed by atoms with van der Waals surface area (Å²) in [6.07, 6.45) is 0.578. The van der Waals surface area contributed by atoms with Crippen LogP contribution in [0.25, 0.3) is 20.7 Å². The first-order chi connectivity index (χ1) is 16.7. The van der Waals surface area contributed by atoms with Gasteiger partial charge in [-0.2, -0.15) is 0 Å². The highest BCUT2D eigenvalue weighted by Crippen LogP contribution is 2.42. The van der Waals surface area contributed by atoms with Gasteiger partial charge in [0.1, 0.15) is 22.5 Å². The first-order valence-electron chi connectivity index (χ1n) is 11.4. The molecule has 2 N–H and O–H groups in total. The van der Waals surface area contributed by atoms with Gasteiger partial charge in [-0.1, -0.05) is 30.3 Å². The maximum atomic E-state index is 12.7. The minimum Gasteiger partial charge on any atom is -0.379 e. The molecule has 174 valence electrons. The molecule has 0 aliphatic carbocycles. The van der Waals surface area contributed by atoms with Gasteiger partial charge in [-0.25, -0.2) is 9.97 Å². The van der Waals surface area contributed by atoms with Crippen LogP contribution in [-0.2, 0) is 29.0 Å². The maximum absolute atomic E-state index is 12.7. The standard InChI is InChI=1S/C25H25N5O2S2/c26-23(31)19-12-16-4-1-2-5-17(16)13-30(19)24-22-18(20-6-3-11-33-20)15-34-25(22)28-21(27-24)14-29-7-9-32-10-8-29/h1-6,11,15,19H,7-10,12-14H2,(H2,26,31)/t19-/m0/s1. The molecule has 0 spiro atoms. The maximum Gasteiger partial charge on any atom is 0.240 e. The number of benzene rings is 1. The number of anilines is 1. The van der Waals surface area contributed by atoms with E-state index in [0.29, 0.717) is 19.5 Å². The molecule has 1 amide bonds. The van der Waals surface area contributed by atoms with E-state index in [1.54, 1.807) is 22.7 Å². The number of rotatable bonds is 5. The summed E-state index contributed by atoms with van der Waals surface area (Å²) < 4.78 is 5.51. The molecular weight excluding hydrogens is 466 g/mol. The fourth-order valence-corrected chi connectivity index (χ4v) is 6.59. The summed E-state index contributed by atoms with van der Waals surface area (Å²) >= 11 is 3.33. The lowest BCUT2D eigenvalue weighted by Gasteiger charge is -2.36. The van der Waals surface area contributed by atoms with Crippen molar-refractivity contribution in [1.82, 2.24) is 14.9 Å². The van der Waals surface area contributed by atoms with Crippen LogP contribution in [0.5, 0.6) is 0 Å². The zero-order valence-electron chi connectivity index (χ0n) is 18.6. The van der Waals surface area contributed by atoms with Crippen molar-refractivity contribution < 1.29 is 9.53 Å². The Hall–Kier alpha value is -2.85. The number of carbonyl (C=O) groups is 1. The first-order valence-corrected chi connectivity index (χ1v) is 13.2. The second-order valence-corrected chi connectivity index (χ2v) is 10.5. The van der Waals surface area contributed by atoms with Crippen molar-refractivity contribution in [3.05, 3.63) is 64.1 Å². The van der Waals surface area contributed by atoms with E-state index in [1.807, 2.05) is 12.1 Å². The predicted molar refractivity (Wildman–Crippen MR) is 136 cm³/mol. The number of morpholine rings is 1. The molecule has 5 heterocycles. The van der Waals surface area contributed by atoms with Crippen molar-refractivity contribution in [3.8, 4) is 10.4 Å². The number of carbonyl (C=O) groups excluding carboxylic acids is 1. The third-order valence-electron chi connectivity index (χ3n) is 6.57. The van der Waals surface area contributed by atoms with Gasteiger partial charge >= 0.3 is 0 Å². The second kappa shape index (κ2) is 9.07. The number of amides is 1. The Kier molecular flexibility index (Phi) is 5.78. The van der Waals surface area contributed by atoms with E-state index in [4.69, 9.17) is 20.4 Å². The SMILES string of the molecule is NC(=O)[C@@H]1Cc2ccccc2CN1c1nc(CN2CCOCC2)nc2scc(-c3cccs3)c12. The highest BCUT2D eigenvalue weighted by atomic mass is 32.1. The molecule has 7 nitrogen and oxygen atoms in total. The Morgan fingerprint density at radius 1 is 1.09 bits per heavy atom. The fraction of sp³-hybridized carbons (Fsp3) is 0.320. The average Bonchev–Trinajstić information content (AvgIpc) is 3.53. The van der Waals surface area contributed by atoms with Crippen molar-refractivity contribution in [2.45, 2.75) is 25.6 Å². The van der Waals surface area contributed by atoms with Crippen LogP contribution in [0, 0.1) is 0 Å². The molecule has 4 aromatic rings. The Morgan fingerprint density at radius 2 is 1.91 bits per heavy atom. The summed E-state index contributed by atoms with van der Waals surface area (Å²) in [6.45, 7) is 4.43. The third-order valence-corrected chi connectivity index (χ3v) is 8.34. The van der Waals surface area contributed by atoms with E-state index in [0.717, 1.165) is 53.7 Å². The summed E-state index contributed by atoms with van der Waals surface area (Å²) in [5.41, 5.74) is 9.44. The minimum atomic E-state index is -0.458. The Bertz CT molecular complexity index is 1330. The van der Waals surface area contributed by atoms with Gasteiger partial charge in [0.15, 0.2) is 0 Å². The molecule has 3 aromatic heterocycles. The van der Waals surface area contributed by atoms with Crippen molar-refractivity contribution in [3.63, 3.8) is 0 Å². The Balaban J connectivity index is 1.50. The van der Waals surface area contributed by atoms with E-state index in [1.165, 1.54) is 16.0 Å². The fourth-order valence-electron chi connectivity index (χ4n) is 4.82. The lowest BCUT2D eigenvalue weighted by Crippen LogP contribution is -2.49. The lowest BCUT2D eigenvalue weighted by molar-refractivity contribution is -0.119. The summed E-state index contributed by atoms with van der Waals surface area (Å²) in [4.78, 5) is 29.2. The van der Waals surface area contributed by atoms with Gasteiger partial charge in [-0.15, -0.1) is 22.7 Å². The topological polar surface area (TPSA) is 84.6 Å². The summed E-state index contributed by atoms with van der Waals surface area (Å²) in [5.74, 6) is 1.24. The number of nitrogens with two attached hydrogens (primary N) is 1. The molecule has 0 unspecified atom stereocenters. The number of primary amides is 1. The summed E-state index contributed by atoms with van der Waals surface area (Å²) in [6, 6.07) is 12.0. The van der Waals surface area contributed by atoms with Gasteiger partial charge in [-0.05, 0) is 22.6 Å². The molecule has 2 aliphatic rings. The summed E-state index contributed by atoms with van der Waals surface area (Å²) in [5, 5.41) is 5.24. The molecule has 0 bridgehead atoms. The number of hydrogen-bond donors (Lipinski definition) is 1. The van der Waals surface area contributed by atoms with Crippen LogP contribution in [0.3, 0.4) is 0 Å². The molecule has 9 heteroatoms. The minimum absolute atomic E-state index is 0.330. The van der Waals surface area contributed by atoms with Crippen molar-refractivity contribution in [1.29, 1.82) is 0 Å². The average molecular weight is 492 g/mol. The number of nitrogens with zero attached hydrogens (tertiary/aromatic N) is 4. The molecule has 2 aliphatic heterocycles. The van der Waals surface area contributed by atoms with E-state index in [2.05, 4.69) is 44.8 Å². The highest BCUT2D eigenvalue weighted by molar-refractivity contribution is 7.18. The molecule has 34 heavy (non-hydrogen) atoms. The van der Waals surface area contributed by atoms with Crippen LogP contribution in [0.15, 0.2) is 47.2 Å². The molecule has 1 atom stereocenters. The number of ether oxygens (including phenoxy) is 1. The number of hydrogen-bond acceptors (Lipinski definition) is 8. The van der Waals surface area contributed by atoms with E-state index in [9.17, 15) is 4.79 Å². The first kappa shape index (κ1) is 21.7. The molecule has 6 rings (SSSR count). The molecule has 1 fully saturated rings. The Labute approximate surface area is 205 Å². The number of aromatic nitrogens is 2.